The van der Waals surface area contributed by atoms with Crippen molar-refractivity contribution in [2.45, 2.75) is 19.1 Å². The molecule has 2 aromatic carbocycles. The number of hydrogen-bond acceptors (Lipinski definition) is 4. The molecule has 3 nitrogen and oxygen atoms in total. The number of carbonyl (C=O) groups is 1. The van der Waals surface area contributed by atoms with E-state index in [0.29, 0.717) is 15.6 Å². The fourth-order valence-electron chi connectivity index (χ4n) is 1.89. The van der Waals surface area contributed by atoms with Crippen LogP contribution in [0.3, 0.4) is 0 Å². The monoisotopic (exact) mass is 342 g/mol. The molecule has 0 heterocycles. The Morgan fingerprint density at radius 3 is 2.35 bits per heavy atom. The fourth-order valence-corrected chi connectivity index (χ4v) is 2.72. The van der Waals surface area contributed by atoms with Gasteiger partial charge in [-0.25, -0.2) is 0 Å². The fraction of sp³-hybridized carbons (Fsp3) is 0.167. The van der Waals surface area contributed by atoms with Crippen LogP contribution in [0.5, 0.6) is 0 Å². The standard InChI is InChI=1S/C18H18N2OS2/c1-14(12-17(21)16-10-6-3-7-11-16)19-20-18(22)23-13-15-8-4-2-5-9-15/h2-11H,12-13H2,1H3,(H,20,22)/b19-14+. The highest BCUT2D eigenvalue weighted by Crippen LogP contribution is 2.12. The number of nitrogens with one attached hydrogen (secondary N) is 1. The molecule has 0 unspecified atom stereocenters. The van der Waals surface area contributed by atoms with Crippen LogP contribution in [-0.4, -0.2) is 15.8 Å². The molecule has 5 heteroatoms. The maximum absolute atomic E-state index is 12.1. The number of ketones is 1. The van der Waals surface area contributed by atoms with Gasteiger partial charge >= 0.3 is 0 Å². The van der Waals surface area contributed by atoms with Crippen LogP contribution in [0.25, 0.3) is 0 Å². The third kappa shape index (κ3) is 6.34. The zero-order chi connectivity index (χ0) is 16.5. The van der Waals surface area contributed by atoms with Crippen molar-refractivity contribution in [1.82, 2.24) is 5.43 Å². The molecule has 0 saturated heterocycles. The molecule has 1 N–H and O–H groups in total. The summed E-state index contributed by atoms with van der Waals surface area (Å²) in [6, 6.07) is 19.3. The van der Waals surface area contributed by atoms with Gasteiger partial charge < -0.3 is 0 Å². The molecule has 0 aliphatic carbocycles. The topological polar surface area (TPSA) is 41.5 Å². The molecule has 2 aromatic rings. The highest BCUT2D eigenvalue weighted by molar-refractivity contribution is 8.22. The molecule has 0 bridgehead atoms. The molecule has 118 valence electrons. The van der Waals surface area contributed by atoms with Crippen LogP contribution in [0.15, 0.2) is 65.8 Å². The zero-order valence-electron chi connectivity index (χ0n) is 12.9. The van der Waals surface area contributed by atoms with E-state index < -0.39 is 0 Å². The van der Waals surface area contributed by atoms with E-state index >= 15 is 0 Å². The minimum absolute atomic E-state index is 0.0523. The van der Waals surface area contributed by atoms with Crippen LogP contribution < -0.4 is 5.43 Å². The average Bonchev–Trinajstić information content (AvgIpc) is 2.60. The summed E-state index contributed by atoms with van der Waals surface area (Å²) in [6.45, 7) is 1.82. The second-order valence-electron chi connectivity index (χ2n) is 4.99. The van der Waals surface area contributed by atoms with E-state index in [-0.39, 0.29) is 12.2 Å². The summed E-state index contributed by atoms with van der Waals surface area (Å²) in [5, 5.41) is 4.19. The Morgan fingerprint density at radius 1 is 1.09 bits per heavy atom. The molecule has 0 aliphatic heterocycles. The van der Waals surface area contributed by atoms with Gasteiger partial charge in [-0.1, -0.05) is 84.6 Å². The minimum Gasteiger partial charge on any atom is -0.294 e. The van der Waals surface area contributed by atoms with Crippen LogP contribution in [0, 0.1) is 0 Å². The van der Waals surface area contributed by atoms with Crippen molar-refractivity contribution in [3.8, 4) is 0 Å². The lowest BCUT2D eigenvalue weighted by Crippen LogP contribution is -2.15. The van der Waals surface area contributed by atoms with Gasteiger partial charge in [0.2, 0.25) is 0 Å². The highest BCUT2D eigenvalue weighted by Gasteiger charge is 2.07. The van der Waals surface area contributed by atoms with Crippen molar-refractivity contribution in [2.24, 2.45) is 5.10 Å². The third-order valence-corrected chi connectivity index (χ3v) is 4.34. The number of thioether (sulfide) groups is 1. The maximum Gasteiger partial charge on any atom is 0.168 e. The zero-order valence-corrected chi connectivity index (χ0v) is 14.5. The van der Waals surface area contributed by atoms with Crippen molar-refractivity contribution in [2.75, 3.05) is 0 Å². The molecule has 2 rings (SSSR count). The van der Waals surface area contributed by atoms with Gasteiger partial charge in [0.15, 0.2) is 10.1 Å². The molecule has 0 saturated carbocycles. The van der Waals surface area contributed by atoms with E-state index in [4.69, 9.17) is 12.2 Å². The van der Waals surface area contributed by atoms with Crippen molar-refractivity contribution in [3.05, 3.63) is 71.8 Å². The Labute approximate surface area is 146 Å². The minimum atomic E-state index is 0.0523. The summed E-state index contributed by atoms with van der Waals surface area (Å²) >= 11 is 6.75. The maximum atomic E-state index is 12.1. The quantitative estimate of drug-likeness (QED) is 0.365. The summed E-state index contributed by atoms with van der Waals surface area (Å²) < 4.78 is 0.598. The lowest BCUT2D eigenvalue weighted by molar-refractivity contribution is 0.100. The molecular formula is C18H18N2OS2. The van der Waals surface area contributed by atoms with Gasteiger partial charge in [0.25, 0.3) is 0 Å². The lowest BCUT2D eigenvalue weighted by atomic mass is 10.1. The van der Waals surface area contributed by atoms with E-state index in [9.17, 15) is 4.79 Å². The Morgan fingerprint density at radius 2 is 1.70 bits per heavy atom. The molecule has 0 fully saturated rings. The molecule has 0 atom stereocenters. The molecule has 0 aromatic heterocycles. The number of hydrogen-bond donors (Lipinski definition) is 1. The average molecular weight is 342 g/mol. The predicted octanol–water partition coefficient (Wildman–Crippen LogP) is 4.44. The second kappa shape index (κ2) is 9.22. The van der Waals surface area contributed by atoms with Gasteiger partial charge in [-0.15, -0.1) is 0 Å². The summed E-state index contributed by atoms with van der Waals surface area (Å²) in [5.41, 5.74) is 5.46. The Hall–Kier alpha value is -1.98. The molecular weight excluding hydrogens is 324 g/mol. The van der Waals surface area contributed by atoms with Crippen LogP contribution >= 0.6 is 24.0 Å². The summed E-state index contributed by atoms with van der Waals surface area (Å²) in [4.78, 5) is 12.1. The summed E-state index contributed by atoms with van der Waals surface area (Å²) in [5.74, 6) is 0.848. The number of carbonyl (C=O) groups excluding carboxylic acids is 1. The first-order valence-electron chi connectivity index (χ1n) is 7.23. The SMILES string of the molecule is C/C(CC(=O)c1ccccc1)=N\NC(=S)SCc1ccccc1. The number of Topliss-reactive ketones (excluding diaryl/α,β-unsaturated/α-hetero) is 1. The number of nitrogens with zero attached hydrogens (tertiary/aromatic N) is 1. The Bertz CT molecular complexity index is 685. The summed E-state index contributed by atoms with van der Waals surface area (Å²) in [7, 11) is 0. The van der Waals surface area contributed by atoms with Crippen molar-refractivity contribution < 1.29 is 4.79 Å². The van der Waals surface area contributed by atoms with Crippen molar-refractivity contribution in [1.29, 1.82) is 0 Å². The number of thiocarbonyl (C=S) groups is 1. The van der Waals surface area contributed by atoms with Gasteiger partial charge in [-0.05, 0) is 12.5 Å². The van der Waals surface area contributed by atoms with Gasteiger partial charge in [0, 0.05) is 17.0 Å². The molecule has 0 spiro atoms. The molecule has 0 aliphatic rings. The highest BCUT2D eigenvalue weighted by atomic mass is 32.2. The third-order valence-electron chi connectivity index (χ3n) is 3.06. The Kier molecular flexibility index (Phi) is 6.97. The van der Waals surface area contributed by atoms with E-state index in [2.05, 4.69) is 22.7 Å². The van der Waals surface area contributed by atoms with Gasteiger partial charge in [-0.2, -0.15) is 5.10 Å². The van der Waals surface area contributed by atoms with Crippen LogP contribution in [0.1, 0.15) is 29.3 Å². The van der Waals surface area contributed by atoms with Crippen LogP contribution in [0.2, 0.25) is 0 Å². The number of rotatable bonds is 6. The van der Waals surface area contributed by atoms with Crippen LogP contribution in [-0.2, 0) is 5.75 Å². The first-order valence-corrected chi connectivity index (χ1v) is 8.62. The van der Waals surface area contributed by atoms with Gasteiger partial charge in [0.1, 0.15) is 0 Å². The van der Waals surface area contributed by atoms with E-state index in [1.54, 1.807) is 0 Å². The molecule has 23 heavy (non-hydrogen) atoms. The summed E-state index contributed by atoms with van der Waals surface area (Å²) in [6.07, 6.45) is 0.281. The largest absolute Gasteiger partial charge is 0.294 e. The number of benzene rings is 2. The normalized spacial score (nSPS) is 11.1. The lowest BCUT2D eigenvalue weighted by Gasteiger charge is -2.05. The van der Waals surface area contributed by atoms with Crippen molar-refractivity contribution >= 4 is 39.8 Å². The van der Waals surface area contributed by atoms with E-state index in [1.165, 1.54) is 17.3 Å². The first kappa shape index (κ1) is 17.4. The van der Waals surface area contributed by atoms with Crippen LogP contribution in [0.4, 0.5) is 0 Å². The smallest absolute Gasteiger partial charge is 0.168 e. The van der Waals surface area contributed by atoms with E-state index in [1.807, 2.05) is 55.5 Å². The predicted molar refractivity (Wildman–Crippen MR) is 102 cm³/mol. The molecule has 0 amide bonds. The Balaban J connectivity index is 1.77. The first-order chi connectivity index (χ1) is 11.1. The second-order valence-corrected chi connectivity index (χ2v) is 6.64. The number of hydrazone groups is 1. The van der Waals surface area contributed by atoms with Gasteiger partial charge in [0.05, 0.1) is 6.42 Å². The van der Waals surface area contributed by atoms with Crippen molar-refractivity contribution in [3.63, 3.8) is 0 Å². The molecule has 0 radical (unpaired) electrons. The van der Waals surface area contributed by atoms with Gasteiger partial charge in [-0.3, -0.25) is 10.2 Å². The van der Waals surface area contributed by atoms with E-state index in [0.717, 1.165) is 5.75 Å².